The van der Waals surface area contributed by atoms with Gasteiger partial charge in [0, 0.05) is 49.6 Å². The molecule has 242 valence electrons. The van der Waals surface area contributed by atoms with Gasteiger partial charge in [-0.25, -0.2) is 13.2 Å². The number of carbonyl (C=O) groups is 1. The third-order valence-electron chi connectivity index (χ3n) is 8.38. The molecule has 0 aliphatic carbocycles. The molecule has 3 aliphatic rings. The first-order valence-corrected chi connectivity index (χ1v) is 14.5. The van der Waals surface area contributed by atoms with E-state index in [4.69, 9.17) is 26.8 Å². The Kier molecular flexibility index (Phi) is 8.22. The largest absolute Gasteiger partial charge is 0.467 e. The number of nitrogen functional groups attached to an aromatic ring is 1. The highest BCUT2D eigenvalue weighted by Gasteiger charge is 2.40. The lowest BCUT2D eigenvalue weighted by Gasteiger charge is -2.31. The van der Waals surface area contributed by atoms with Gasteiger partial charge >= 0.3 is 12.2 Å². The highest BCUT2D eigenvalue weighted by Crippen LogP contribution is 2.43. The first kappa shape index (κ1) is 31.2. The molecule has 0 bridgehead atoms. The number of hydrogen-bond donors (Lipinski definition) is 1. The van der Waals surface area contributed by atoms with Crippen LogP contribution in [-0.4, -0.2) is 63.7 Å². The van der Waals surface area contributed by atoms with E-state index in [1.807, 2.05) is 4.90 Å². The van der Waals surface area contributed by atoms with Crippen molar-refractivity contribution in [3.63, 3.8) is 0 Å². The van der Waals surface area contributed by atoms with Crippen molar-refractivity contribution in [3.8, 4) is 6.01 Å². The zero-order valence-corrected chi connectivity index (χ0v) is 24.6. The van der Waals surface area contributed by atoms with Gasteiger partial charge < -0.3 is 25.0 Å². The molecule has 6 rings (SSSR count). The molecule has 0 saturated carbocycles. The third-order valence-corrected chi connectivity index (χ3v) is 8.78. The molecule has 45 heavy (non-hydrogen) atoms. The number of aromatic nitrogens is 4. The molecule has 0 radical (unpaired) electrons. The van der Waals surface area contributed by atoms with Gasteiger partial charge in [-0.1, -0.05) is 11.6 Å². The number of aryl methyl sites for hydroxylation is 1. The number of fused-ring (bicyclic) bond motifs is 2. The number of nitrogens with two attached hydrogens (primary N) is 1. The van der Waals surface area contributed by atoms with E-state index in [1.165, 1.54) is 12.0 Å². The summed E-state index contributed by atoms with van der Waals surface area (Å²) in [5.74, 6) is -2.26. The number of hydrogen-bond acceptors (Lipinski definition) is 8. The number of rotatable bonds is 5. The molecule has 1 saturated heterocycles. The van der Waals surface area contributed by atoms with Crippen LogP contribution in [0.1, 0.15) is 57.5 Å². The maximum absolute atomic E-state index is 15.1. The molecule has 17 heteroatoms. The summed E-state index contributed by atoms with van der Waals surface area (Å²) in [7, 11) is 1.34. The van der Waals surface area contributed by atoms with E-state index in [2.05, 4.69) is 15.1 Å². The van der Waals surface area contributed by atoms with Gasteiger partial charge in [0.25, 0.3) is 5.91 Å². The summed E-state index contributed by atoms with van der Waals surface area (Å²) in [4.78, 5) is 25.2. The second-order valence-corrected chi connectivity index (χ2v) is 11.5. The van der Waals surface area contributed by atoms with Crippen molar-refractivity contribution in [2.24, 2.45) is 5.92 Å². The number of likely N-dealkylation sites (tertiary alicyclic amines) is 1. The smallest absolute Gasteiger partial charge is 0.416 e. The summed E-state index contributed by atoms with van der Waals surface area (Å²) in [5.41, 5.74) is 4.54. The number of ether oxygens (including phenoxy) is 2. The number of anilines is 2. The van der Waals surface area contributed by atoms with Gasteiger partial charge in [-0.3, -0.25) is 9.48 Å². The zero-order chi connectivity index (χ0) is 32.2. The van der Waals surface area contributed by atoms with Gasteiger partial charge in [0.15, 0.2) is 11.5 Å². The van der Waals surface area contributed by atoms with Crippen molar-refractivity contribution in [2.45, 2.75) is 57.7 Å². The Morgan fingerprint density at radius 3 is 2.67 bits per heavy atom. The Hall–Kier alpha value is -3.79. The summed E-state index contributed by atoms with van der Waals surface area (Å²) in [6.45, 7) is 0.837. The van der Waals surface area contributed by atoms with E-state index in [-0.39, 0.29) is 55.8 Å². The molecule has 3 aromatic rings. The lowest BCUT2D eigenvalue weighted by atomic mass is 9.94. The van der Waals surface area contributed by atoms with E-state index in [1.54, 1.807) is 4.68 Å². The van der Waals surface area contributed by atoms with E-state index in [0.717, 1.165) is 12.1 Å². The molecule has 0 spiro atoms. The monoisotopic (exact) mass is 659 g/mol. The van der Waals surface area contributed by atoms with Crippen molar-refractivity contribution in [1.29, 1.82) is 0 Å². The molecule has 1 fully saturated rings. The van der Waals surface area contributed by atoms with Crippen LogP contribution in [0.3, 0.4) is 0 Å². The number of carbonyl (C=O) groups excluding carboxylic acids is 1. The highest BCUT2D eigenvalue weighted by atomic mass is 35.5. The van der Waals surface area contributed by atoms with Crippen molar-refractivity contribution >= 4 is 29.0 Å². The van der Waals surface area contributed by atoms with E-state index in [0.29, 0.717) is 42.3 Å². The van der Waals surface area contributed by atoms with Crippen LogP contribution in [0.5, 0.6) is 6.01 Å². The summed E-state index contributed by atoms with van der Waals surface area (Å²) in [6.07, 6.45) is -8.20. The molecule has 2 unspecified atom stereocenters. The molecule has 5 heterocycles. The fraction of sp³-hybridized carbons (Fsp3) is 0.500. The number of alkyl halides is 5. The van der Waals surface area contributed by atoms with Gasteiger partial charge in [0.2, 0.25) is 6.43 Å². The molecule has 1 amide bonds. The normalized spacial score (nSPS) is 20.3. The fourth-order valence-corrected chi connectivity index (χ4v) is 6.34. The maximum Gasteiger partial charge on any atom is 0.416 e. The van der Waals surface area contributed by atoms with Gasteiger partial charge in [0.1, 0.15) is 5.82 Å². The topological polar surface area (TPSA) is 112 Å². The Bertz CT molecular complexity index is 1640. The van der Waals surface area contributed by atoms with Gasteiger partial charge in [-0.2, -0.15) is 28.2 Å². The predicted octanol–water partition coefficient (Wildman–Crippen LogP) is 5.03. The number of halogens is 7. The molecule has 10 nitrogen and oxygen atoms in total. The quantitative estimate of drug-likeness (QED) is 0.300. The summed E-state index contributed by atoms with van der Waals surface area (Å²) < 4.78 is 95.7. The van der Waals surface area contributed by atoms with Gasteiger partial charge in [0.05, 0.1) is 54.0 Å². The molecular weight excluding hydrogens is 632 g/mol. The van der Waals surface area contributed by atoms with Crippen LogP contribution in [0.15, 0.2) is 12.1 Å². The molecule has 2 atom stereocenters. The molecular formula is C28H28ClF6N7O3. The van der Waals surface area contributed by atoms with Crippen LogP contribution in [0.4, 0.5) is 37.8 Å². The van der Waals surface area contributed by atoms with Crippen LogP contribution < -0.4 is 15.4 Å². The van der Waals surface area contributed by atoms with Crippen LogP contribution in [-0.2, 0) is 37.0 Å². The minimum atomic E-state index is -4.85. The first-order chi connectivity index (χ1) is 21.4. The third kappa shape index (κ3) is 5.73. The maximum atomic E-state index is 15.1. The fourth-order valence-electron chi connectivity index (χ4n) is 6.07. The second-order valence-electron chi connectivity index (χ2n) is 11.1. The lowest BCUT2D eigenvalue weighted by molar-refractivity contribution is -0.140. The summed E-state index contributed by atoms with van der Waals surface area (Å²) >= 11 is 6.68. The summed E-state index contributed by atoms with van der Waals surface area (Å²) in [6, 6.07) is 1.53. The minimum absolute atomic E-state index is 0.0264. The van der Waals surface area contributed by atoms with Crippen LogP contribution in [0, 0.1) is 11.7 Å². The van der Waals surface area contributed by atoms with Crippen LogP contribution >= 0.6 is 11.6 Å². The Labute approximate surface area is 258 Å². The van der Waals surface area contributed by atoms with Crippen molar-refractivity contribution < 1.29 is 40.6 Å². The van der Waals surface area contributed by atoms with Crippen molar-refractivity contribution in [2.75, 3.05) is 37.4 Å². The highest BCUT2D eigenvalue weighted by molar-refractivity contribution is 6.34. The van der Waals surface area contributed by atoms with E-state index in [9.17, 15) is 26.7 Å². The lowest BCUT2D eigenvalue weighted by Crippen LogP contribution is -2.30. The summed E-state index contributed by atoms with van der Waals surface area (Å²) in [5, 5.41) is 4.51. The standard InChI is InChI=1S/C28H28ClF6N7O3/c1-44-27-37-17-9-19(20-15(28(33,34)35)3-4-16(36)22(20)30)45-12-14(17)25(38-27)40-6-2-7-42-18(11-40)21(29)23(39-42)26(43)41-8-5-13(10-41)24(31)32/h3-4,13,19,24H,2,5-12,36H2,1H3. The molecule has 3 aliphatic heterocycles. The Balaban J connectivity index is 1.31. The average molecular weight is 660 g/mol. The van der Waals surface area contributed by atoms with Crippen LogP contribution in [0.25, 0.3) is 0 Å². The molecule has 2 N–H and O–H groups in total. The number of methoxy groups -OCH3 is 1. The molecule has 1 aromatic carbocycles. The van der Waals surface area contributed by atoms with Crippen LogP contribution in [0.2, 0.25) is 5.02 Å². The average Bonchev–Trinajstić information content (AvgIpc) is 3.55. The number of amides is 1. The predicted molar refractivity (Wildman–Crippen MR) is 149 cm³/mol. The van der Waals surface area contributed by atoms with Gasteiger partial charge in [-0.05, 0) is 25.0 Å². The second kappa shape index (κ2) is 11.9. The van der Waals surface area contributed by atoms with Gasteiger partial charge in [-0.15, -0.1) is 0 Å². The zero-order valence-electron chi connectivity index (χ0n) is 23.9. The van der Waals surface area contributed by atoms with Crippen molar-refractivity contribution in [3.05, 3.63) is 56.7 Å². The van der Waals surface area contributed by atoms with E-state index >= 15 is 4.39 Å². The number of nitrogens with zero attached hydrogens (tertiary/aromatic N) is 6. The minimum Gasteiger partial charge on any atom is -0.467 e. The number of benzene rings is 1. The molecule has 2 aromatic heterocycles. The Morgan fingerprint density at radius 2 is 1.98 bits per heavy atom. The van der Waals surface area contributed by atoms with E-state index < -0.39 is 53.2 Å². The Morgan fingerprint density at radius 1 is 1.20 bits per heavy atom. The SMILES string of the molecule is COc1nc2c(c(N3CCCn4nc(C(=O)N5CCC(C(F)F)C5)c(Cl)c4C3)n1)COC(c1c(C(F)(F)F)ccc(N)c1F)C2. The first-order valence-electron chi connectivity index (χ1n) is 14.1. The van der Waals surface area contributed by atoms with Crippen molar-refractivity contribution in [1.82, 2.24) is 24.6 Å².